The predicted octanol–water partition coefficient (Wildman–Crippen LogP) is 2.56. The van der Waals surface area contributed by atoms with Crippen LogP contribution in [0.2, 0.25) is 0 Å². The first-order valence-corrected chi connectivity index (χ1v) is 6.27. The van der Waals surface area contributed by atoms with Gasteiger partial charge in [0.25, 0.3) is 0 Å². The summed E-state index contributed by atoms with van der Waals surface area (Å²) in [5, 5.41) is 0. The Kier molecular flexibility index (Phi) is 3.52. The lowest BCUT2D eigenvalue weighted by molar-refractivity contribution is 0.628. The van der Waals surface area contributed by atoms with E-state index in [1.54, 1.807) is 0 Å². The number of imidazole rings is 1. The van der Waals surface area contributed by atoms with Gasteiger partial charge < -0.3 is 4.57 Å². The first kappa shape index (κ1) is 10.8. The van der Waals surface area contributed by atoms with E-state index in [9.17, 15) is 0 Å². The molecule has 1 aliphatic carbocycles. The van der Waals surface area contributed by atoms with Gasteiger partial charge >= 0.3 is 0 Å². The van der Waals surface area contributed by atoms with E-state index in [0.717, 1.165) is 18.1 Å². The molecule has 3 heteroatoms. The van der Waals surface area contributed by atoms with E-state index in [4.69, 9.17) is 0 Å². The molecule has 0 N–H and O–H groups in total. The molecule has 0 saturated carbocycles. The highest BCUT2D eigenvalue weighted by Crippen LogP contribution is 2.21. The van der Waals surface area contributed by atoms with Gasteiger partial charge in [0.2, 0.25) is 0 Å². The molecule has 0 saturated heterocycles. The molecule has 1 heterocycles. The normalized spacial score (nSPS) is 15.9. The summed E-state index contributed by atoms with van der Waals surface area (Å²) in [6, 6.07) is 0. The molecule has 1 aromatic heterocycles. The number of aromatic nitrogens is 2. The van der Waals surface area contributed by atoms with Gasteiger partial charge in [-0.15, -0.1) is 0 Å². The number of thiol groups is 1. The summed E-state index contributed by atoms with van der Waals surface area (Å²) in [5.74, 6) is 1.97. The maximum Gasteiger partial charge on any atom is 0.106 e. The van der Waals surface area contributed by atoms with Crippen LogP contribution in [0.5, 0.6) is 0 Å². The lowest BCUT2D eigenvalue weighted by Crippen LogP contribution is -2.08. The Hall–Kier alpha value is -0.700. The second-order valence-corrected chi connectivity index (χ2v) is 4.39. The van der Waals surface area contributed by atoms with Gasteiger partial charge in [0.15, 0.2) is 0 Å². The molecule has 0 aliphatic heterocycles. The van der Waals surface area contributed by atoms with Crippen LogP contribution in [0, 0.1) is 6.92 Å². The molecule has 0 amide bonds. The topological polar surface area (TPSA) is 17.8 Å². The van der Waals surface area contributed by atoms with E-state index >= 15 is 0 Å². The van der Waals surface area contributed by atoms with Gasteiger partial charge in [0.05, 0.1) is 5.69 Å². The number of allylic oxidation sites excluding steroid dienone is 1. The monoisotopic (exact) mass is 222 g/mol. The molecule has 1 aromatic rings. The molecule has 15 heavy (non-hydrogen) atoms. The molecule has 0 atom stereocenters. The molecule has 2 rings (SSSR count). The Balaban J connectivity index is 2.21. The Labute approximate surface area is 96.8 Å². The number of rotatable bonds is 3. The van der Waals surface area contributed by atoms with Crippen LogP contribution < -0.4 is 0 Å². The summed E-state index contributed by atoms with van der Waals surface area (Å²) in [4.78, 5) is 4.64. The smallest absolute Gasteiger partial charge is 0.106 e. The number of hydrogen-bond acceptors (Lipinski definition) is 2. The zero-order valence-electron chi connectivity index (χ0n) is 9.24. The summed E-state index contributed by atoms with van der Waals surface area (Å²) >= 11 is 4.16. The van der Waals surface area contributed by atoms with E-state index in [1.807, 2.05) is 0 Å². The lowest BCUT2D eigenvalue weighted by atomic mass is 10.0. The van der Waals surface area contributed by atoms with E-state index in [1.165, 1.54) is 37.1 Å². The summed E-state index contributed by atoms with van der Waals surface area (Å²) in [6.45, 7) is 3.06. The first-order chi connectivity index (χ1) is 7.33. The van der Waals surface area contributed by atoms with Crippen molar-refractivity contribution >= 4 is 12.6 Å². The lowest BCUT2D eigenvalue weighted by Gasteiger charge is -2.13. The SMILES string of the molecule is Cc1nc2c(n1C/C=C/CS)CCCC2. The molecule has 0 bridgehead atoms. The van der Waals surface area contributed by atoms with Crippen LogP contribution in [0.15, 0.2) is 12.2 Å². The minimum atomic E-state index is 0.815. The third-order valence-electron chi connectivity index (χ3n) is 2.98. The Bertz CT molecular complexity index is 366. The molecule has 82 valence electrons. The highest BCUT2D eigenvalue weighted by Gasteiger charge is 2.16. The average Bonchev–Trinajstić information content (AvgIpc) is 2.56. The predicted molar refractivity (Wildman–Crippen MR) is 66.6 cm³/mol. The van der Waals surface area contributed by atoms with E-state index < -0.39 is 0 Å². The molecular formula is C12H18N2S. The van der Waals surface area contributed by atoms with Crippen molar-refractivity contribution in [2.24, 2.45) is 0 Å². The maximum absolute atomic E-state index is 4.64. The summed E-state index contributed by atoms with van der Waals surface area (Å²) in [5.41, 5.74) is 2.79. The minimum Gasteiger partial charge on any atom is -0.328 e. The molecule has 0 aromatic carbocycles. The van der Waals surface area contributed by atoms with Crippen molar-refractivity contribution in [2.45, 2.75) is 39.2 Å². The van der Waals surface area contributed by atoms with Gasteiger partial charge in [-0.3, -0.25) is 0 Å². The second kappa shape index (κ2) is 4.88. The molecular weight excluding hydrogens is 204 g/mol. The third kappa shape index (κ3) is 2.28. The van der Waals surface area contributed by atoms with Crippen molar-refractivity contribution < 1.29 is 0 Å². The van der Waals surface area contributed by atoms with Gasteiger partial charge in [0, 0.05) is 18.0 Å². The summed E-state index contributed by atoms with van der Waals surface area (Å²) in [7, 11) is 0. The maximum atomic E-state index is 4.64. The molecule has 0 radical (unpaired) electrons. The van der Waals surface area contributed by atoms with Crippen LogP contribution in [-0.4, -0.2) is 15.3 Å². The molecule has 2 nitrogen and oxygen atoms in total. The Morgan fingerprint density at radius 3 is 2.93 bits per heavy atom. The zero-order chi connectivity index (χ0) is 10.7. The van der Waals surface area contributed by atoms with Crippen LogP contribution in [0.1, 0.15) is 30.1 Å². The van der Waals surface area contributed by atoms with Crippen molar-refractivity contribution in [3.05, 3.63) is 29.4 Å². The highest BCUT2D eigenvalue weighted by molar-refractivity contribution is 7.80. The third-order valence-corrected chi connectivity index (χ3v) is 3.19. The number of hydrogen-bond donors (Lipinski definition) is 1. The van der Waals surface area contributed by atoms with Crippen molar-refractivity contribution in [3.8, 4) is 0 Å². The van der Waals surface area contributed by atoms with Crippen LogP contribution in [0.4, 0.5) is 0 Å². The molecule has 0 spiro atoms. The van der Waals surface area contributed by atoms with Crippen molar-refractivity contribution in [1.82, 2.24) is 9.55 Å². The fraction of sp³-hybridized carbons (Fsp3) is 0.583. The first-order valence-electron chi connectivity index (χ1n) is 5.63. The number of aryl methyl sites for hydroxylation is 2. The quantitative estimate of drug-likeness (QED) is 0.614. The fourth-order valence-electron chi connectivity index (χ4n) is 2.23. The van der Waals surface area contributed by atoms with Crippen molar-refractivity contribution in [1.29, 1.82) is 0 Å². The van der Waals surface area contributed by atoms with Gasteiger partial charge in [-0.1, -0.05) is 12.2 Å². The largest absolute Gasteiger partial charge is 0.328 e. The fourth-order valence-corrected chi connectivity index (χ4v) is 2.38. The van der Waals surface area contributed by atoms with Gasteiger partial charge in [-0.2, -0.15) is 12.6 Å². The van der Waals surface area contributed by atoms with Crippen LogP contribution in [0.3, 0.4) is 0 Å². The van der Waals surface area contributed by atoms with Crippen molar-refractivity contribution in [2.75, 3.05) is 5.75 Å². The van der Waals surface area contributed by atoms with Crippen LogP contribution in [0.25, 0.3) is 0 Å². The van der Waals surface area contributed by atoms with Crippen LogP contribution in [-0.2, 0) is 19.4 Å². The summed E-state index contributed by atoms with van der Waals surface area (Å²) in [6.07, 6.45) is 9.25. The van der Waals surface area contributed by atoms with Crippen LogP contribution >= 0.6 is 12.6 Å². The minimum absolute atomic E-state index is 0.815. The van der Waals surface area contributed by atoms with Gasteiger partial charge in [-0.25, -0.2) is 4.98 Å². The van der Waals surface area contributed by atoms with Crippen molar-refractivity contribution in [3.63, 3.8) is 0 Å². The number of nitrogens with zero attached hydrogens (tertiary/aromatic N) is 2. The average molecular weight is 222 g/mol. The van der Waals surface area contributed by atoms with E-state index in [0.29, 0.717) is 0 Å². The molecule has 0 fully saturated rings. The van der Waals surface area contributed by atoms with E-state index in [2.05, 4.69) is 41.3 Å². The van der Waals surface area contributed by atoms with Gasteiger partial charge in [-0.05, 0) is 32.6 Å². The second-order valence-electron chi connectivity index (χ2n) is 4.02. The van der Waals surface area contributed by atoms with E-state index in [-0.39, 0.29) is 0 Å². The highest BCUT2D eigenvalue weighted by atomic mass is 32.1. The number of fused-ring (bicyclic) bond motifs is 1. The zero-order valence-corrected chi connectivity index (χ0v) is 10.1. The summed E-state index contributed by atoms with van der Waals surface area (Å²) < 4.78 is 2.34. The van der Waals surface area contributed by atoms with Gasteiger partial charge in [0.1, 0.15) is 5.82 Å². The Morgan fingerprint density at radius 1 is 1.33 bits per heavy atom. The Morgan fingerprint density at radius 2 is 2.13 bits per heavy atom. The molecule has 1 aliphatic rings. The molecule has 0 unspecified atom stereocenters. The standard InChI is InChI=1S/C12H18N2S/c1-10-13-11-6-2-3-7-12(11)14(10)8-4-5-9-15/h4-5,15H,2-3,6-9H2,1H3/b5-4+.